The van der Waals surface area contributed by atoms with Crippen molar-refractivity contribution in [2.75, 3.05) is 12.0 Å². The monoisotopic (exact) mass is 530 g/mol. The van der Waals surface area contributed by atoms with Gasteiger partial charge in [-0.05, 0) is 59.7 Å². The molecule has 4 amide bonds. The van der Waals surface area contributed by atoms with Gasteiger partial charge >= 0.3 is 6.03 Å². The summed E-state index contributed by atoms with van der Waals surface area (Å²) in [5.41, 5.74) is 1.22. The Morgan fingerprint density at radius 1 is 0.943 bits per heavy atom. The van der Waals surface area contributed by atoms with Crippen molar-refractivity contribution in [1.29, 1.82) is 0 Å². The molecule has 3 aromatic rings. The van der Waals surface area contributed by atoms with Crippen molar-refractivity contribution in [2.24, 2.45) is 0 Å². The Balaban J connectivity index is 1.64. The Labute approximate surface area is 215 Å². The number of anilines is 1. The molecule has 4 rings (SSSR count). The van der Waals surface area contributed by atoms with Crippen LogP contribution in [0.15, 0.2) is 66.2 Å². The summed E-state index contributed by atoms with van der Waals surface area (Å²) < 4.78 is 11.3. The molecule has 0 aromatic heterocycles. The van der Waals surface area contributed by atoms with Crippen LogP contribution in [-0.2, 0) is 16.2 Å². The molecule has 3 aromatic carbocycles. The average molecular weight is 532 g/mol. The number of urea groups is 1. The van der Waals surface area contributed by atoms with E-state index < -0.39 is 17.8 Å². The van der Waals surface area contributed by atoms with Crippen LogP contribution in [0.2, 0.25) is 15.1 Å². The maximum atomic E-state index is 13.1. The molecule has 10 heteroatoms. The van der Waals surface area contributed by atoms with E-state index >= 15 is 0 Å². The Hall–Kier alpha value is -3.52. The summed E-state index contributed by atoms with van der Waals surface area (Å²) in [6, 6.07) is 15.5. The SMILES string of the molecule is COc1cc(/C=C2\C(=O)NC(=O)N(c3cccc(Cl)c3)C2=O)cc(Cl)c1OCc1ccc(Cl)cc1. The molecule has 0 bridgehead atoms. The number of halogens is 3. The number of carbonyl (C=O) groups excluding carboxylic acids is 3. The van der Waals surface area contributed by atoms with Crippen molar-refractivity contribution < 1.29 is 23.9 Å². The highest BCUT2D eigenvalue weighted by Gasteiger charge is 2.37. The fourth-order valence-electron chi connectivity index (χ4n) is 3.37. The molecule has 1 saturated heterocycles. The number of nitrogens with one attached hydrogen (secondary N) is 1. The third kappa shape index (κ3) is 5.43. The lowest BCUT2D eigenvalue weighted by molar-refractivity contribution is -0.122. The second-order valence-electron chi connectivity index (χ2n) is 7.39. The van der Waals surface area contributed by atoms with Crippen molar-refractivity contribution >= 4 is 64.4 Å². The van der Waals surface area contributed by atoms with Crippen LogP contribution in [0, 0.1) is 0 Å². The molecular formula is C25H17Cl3N2O5. The van der Waals surface area contributed by atoms with Gasteiger partial charge in [0, 0.05) is 10.0 Å². The maximum absolute atomic E-state index is 13.1. The number of imide groups is 2. The molecule has 1 heterocycles. The highest BCUT2D eigenvalue weighted by Crippen LogP contribution is 2.38. The third-order valence-electron chi connectivity index (χ3n) is 5.03. The van der Waals surface area contributed by atoms with Gasteiger partial charge in [-0.3, -0.25) is 14.9 Å². The molecule has 35 heavy (non-hydrogen) atoms. The predicted octanol–water partition coefficient (Wildman–Crippen LogP) is 5.90. The molecule has 0 atom stereocenters. The quantitative estimate of drug-likeness (QED) is 0.316. The third-order valence-corrected chi connectivity index (χ3v) is 5.80. The van der Waals surface area contributed by atoms with Gasteiger partial charge < -0.3 is 9.47 Å². The van der Waals surface area contributed by atoms with Crippen LogP contribution in [0.25, 0.3) is 6.08 Å². The summed E-state index contributed by atoms with van der Waals surface area (Å²) in [4.78, 5) is 38.8. The standard InChI is InChI=1S/C25H17Cl3N2O5/c1-34-21-11-15(10-20(28)22(21)35-13-14-5-7-16(26)8-6-14)9-19-23(31)29-25(33)30(24(19)32)18-4-2-3-17(27)12-18/h2-12H,13H2,1H3,(H,29,31,33)/b19-9+. The number of nitrogens with zero attached hydrogens (tertiary/aromatic N) is 1. The number of hydrogen-bond acceptors (Lipinski definition) is 5. The van der Waals surface area contributed by atoms with E-state index in [0.29, 0.717) is 27.1 Å². The minimum Gasteiger partial charge on any atom is -0.493 e. The molecule has 0 unspecified atom stereocenters. The van der Waals surface area contributed by atoms with Crippen LogP contribution < -0.4 is 19.7 Å². The van der Waals surface area contributed by atoms with Crippen molar-refractivity contribution in [2.45, 2.75) is 6.61 Å². The van der Waals surface area contributed by atoms with Crippen LogP contribution in [0.4, 0.5) is 10.5 Å². The summed E-state index contributed by atoms with van der Waals surface area (Å²) in [6.07, 6.45) is 1.32. The molecule has 0 spiro atoms. The first-order chi connectivity index (χ1) is 16.8. The first-order valence-corrected chi connectivity index (χ1v) is 11.3. The summed E-state index contributed by atoms with van der Waals surface area (Å²) in [5, 5.41) is 3.31. The van der Waals surface area contributed by atoms with E-state index in [-0.39, 0.29) is 22.9 Å². The van der Waals surface area contributed by atoms with E-state index in [9.17, 15) is 14.4 Å². The van der Waals surface area contributed by atoms with Gasteiger partial charge in [-0.25, -0.2) is 9.69 Å². The number of ether oxygens (including phenoxy) is 2. The van der Waals surface area contributed by atoms with Gasteiger partial charge in [0.1, 0.15) is 12.2 Å². The highest BCUT2D eigenvalue weighted by molar-refractivity contribution is 6.39. The lowest BCUT2D eigenvalue weighted by atomic mass is 10.1. The van der Waals surface area contributed by atoms with Crippen molar-refractivity contribution in [1.82, 2.24) is 5.32 Å². The van der Waals surface area contributed by atoms with Gasteiger partial charge in [-0.1, -0.05) is 53.0 Å². The Morgan fingerprint density at radius 2 is 1.69 bits per heavy atom. The number of carbonyl (C=O) groups is 3. The lowest BCUT2D eigenvalue weighted by Gasteiger charge is -2.26. The Kier molecular flexibility index (Phi) is 7.31. The molecule has 7 nitrogen and oxygen atoms in total. The minimum atomic E-state index is -0.874. The number of methoxy groups -OCH3 is 1. The lowest BCUT2D eigenvalue weighted by Crippen LogP contribution is -2.54. The molecule has 0 saturated carbocycles. The number of amides is 4. The number of barbiturate groups is 1. The Morgan fingerprint density at radius 3 is 2.37 bits per heavy atom. The minimum absolute atomic E-state index is 0.205. The first-order valence-electron chi connectivity index (χ1n) is 10.2. The van der Waals surface area contributed by atoms with E-state index in [0.717, 1.165) is 10.5 Å². The van der Waals surface area contributed by atoms with Gasteiger partial charge in [-0.15, -0.1) is 0 Å². The number of hydrogen-bond donors (Lipinski definition) is 1. The van der Waals surface area contributed by atoms with Crippen LogP contribution in [-0.4, -0.2) is 25.0 Å². The topological polar surface area (TPSA) is 84.9 Å². The summed E-state index contributed by atoms with van der Waals surface area (Å²) in [5.74, 6) is -1.05. The number of rotatable bonds is 6. The fourth-order valence-corrected chi connectivity index (χ4v) is 3.96. The van der Waals surface area contributed by atoms with E-state index in [1.807, 2.05) is 12.1 Å². The molecule has 1 aliphatic rings. The van der Waals surface area contributed by atoms with E-state index in [1.165, 1.54) is 31.4 Å². The smallest absolute Gasteiger partial charge is 0.335 e. The fraction of sp³-hybridized carbons (Fsp3) is 0.0800. The molecule has 178 valence electrons. The van der Waals surface area contributed by atoms with Gasteiger partial charge in [0.05, 0.1) is 17.8 Å². The van der Waals surface area contributed by atoms with Crippen LogP contribution in [0.1, 0.15) is 11.1 Å². The average Bonchev–Trinajstić information content (AvgIpc) is 2.82. The number of benzene rings is 3. The van der Waals surface area contributed by atoms with Crippen molar-refractivity contribution in [3.63, 3.8) is 0 Å². The summed E-state index contributed by atoms with van der Waals surface area (Å²) in [7, 11) is 1.44. The molecule has 1 aliphatic heterocycles. The van der Waals surface area contributed by atoms with E-state index in [2.05, 4.69) is 5.32 Å². The zero-order valence-corrected chi connectivity index (χ0v) is 20.4. The van der Waals surface area contributed by atoms with E-state index in [4.69, 9.17) is 44.3 Å². The Bertz CT molecular complexity index is 1360. The highest BCUT2D eigenvalue weighted by atomic mass is 35.5. The van der Waals surface area contributed by atoms with Crippen molar-refractivity contribution in [3.8, 4) is 11.5 Å². The van der Waals surface area contributed by atoms with Gasteiger partial charge in [0.15, 0.2) is 11.5 Å². The molecule has 1 fully saturated rings. The van der Waals surface area contributed by atoms with Crippen LogP contribution in [0.5, 0.6) is 11.5 Å². The normalized spacial score (nSPS) is 14.8. The second kappa shape index (κ2) is 10.4. The summed E-state index contributed by atoms with van der Waals surface area (Å²) in [6.45, 7) is 0.214. The first kappa shape index (κ1) is 24.6. The molecule has 0 radical (unpaired) electrons. The van der Waals surface area contributed by atoms with Crippen molar-refractivity contribution in [3.05, 3.63) is 92.4 Å². The molecule has 0 aliphatic carbocycles. The van der Waals surface area contributed by atoms with Crippen LogP contribution in [0.3, 0.4) is 0 Å². The molecule has 1 N–H and O–H groups in total. The zero-order valence-electron chi connectivity index (χ0n) is 18.2. The van der Waals surface area contributed by atoms with Gasteiger partial charge in [-0.2, -0.15) is 0 Å². The molecular weight excluding hydrogens is 515 g/mol. The van der Waals surface area contributed by atoms with E-state index in [1.54, 1.807) is 30.3 Å². The van der Waals surface area contributed by atoms with Gasteiger partial charge in [0.25, 0.3) is 11.8 Å². The summed E-state index contributed by atoms with van der Waals surface area (Å²) >= 11 is 18.3. The second-order valence-corrected chi connectivity index (χ2v) is 8.67. The zero-order chi connectivity index (χ0) is 25.1. The van der Waals surface area contributed by atoms with Gasteiger partial charge in [0.2, 0.25) is 0 Å². The van der Waals surface area contributed by atoms with Crippen LogP contribution >= 0.6 is 34.8 Å². The predicted molar refractivity (Wildman–Crippen MR) is 134 cm³/mol. The largest absolute Gasteiger partial charge is 0.493 e. The maximum Gasteiger partial charge on any atom is 0.335 e.